The molecule has 0 aliphatic rings. The Balaban J connectivity index is 3.22. The monoisotopic (exact) mass is 294 g/mol. The zero-order chi connectivity index (χ0) is 9.14. The van der Waals surface area contributed by atoms with E-state index in [0.29, 0.717) is 0 Å². The molecule has 2 N–H and O–H groups in total. The SMILES string of the molecule is CC(=O)c1ccc(N)c([Se]=[Se])c1. The molecule has 0 fully saturated rings. The molecule has 0 aliphatic carbocycles. The summed E-state index contributed by atoms with van der Waals surface area (Å²) in [6, 6.07) is 5.40. The van der Waals surface area contributed by atoms with Crippen molar-refractivity contribution >= 4 is 42.2 Å². The molecule has 0 saturated heterocycles. The van der Waals surface area contributed by atoms with Crippen LogP contribution in [0.25, 0.3) is 0 Å². The third-order valence-corrected chi connectivity index (χ3v) is 4.59. The van der Waals surface area contributed by atoms with Crippen LogP contribution in [0.5, 0.6) is 0 Å². The third-order valence-electron chi connectivity index (χ3n) is 1.51. The van der Waals surface area contributed by atoms with Crippen molar-refractivity contribution in [1.82, 2.24) is 0 Å². The minimum atomic E-state index is 0.0838. The zero-order valence-corrected chi connectivity index (χ0v) is 9.96. The van der Waals surface area contributed by atoms with Gasteiger partial charge in [0.15, 0.2) is 0 Å². The fraction of sp³-hybridized carbons (Fsp3) is 0.125. The van der Waals surface area contributed by atoms with E-state index in [2.05, 4.69) is 13.7 Å². The first kappa shape index (κ1) is 9.81. The van der Waals surface area contributed by atoms with Gasteiger partial charge in [-0.25, -0.2) is 0 Å². The van der Waals surface area contributed by atoms with Crippen molar-refractivity contribution in [2.24, 2.45) is 0 Å². The van der Waals surface area contributed by atoms with Gasteiger partial charge in [0.25, 0.3) is 0 Å². The molecule has 4 heteroatoms. The van der Waals surface area contributed by atoms with Crippen molar-refractivity contribution in [1.29, 1.82) is 0 Å². The van der Waals surface area contributed by atoms with Crippen LogP contribution in [-0.2, 0) is 0 Å². The standard InChI is InChI=1S/C8H8NOSe2/c1-5(10)6-2-3-7(9)8(4-6)12-11/h2-4H,9H2,1H3. The second-order valence-electron chi connectivity index (χ2n) is 2.39. The van der Waals surface area contributed by atoms with Crippen LogP contribution in [-0.4, -0.2) is 32.0 Å². The Bertz CT molecular complexity index is 336. The molecule has 0 aliphatic heterocycles. The predicted molar refractivity (Wildman–Crippen MR) is 52.0 cm³/mol. The third kappa shape index (κ3) is 2.11. The van der Waals surface area contributed by atoms with Gasteiger partial charge in [-0.2, -0.15) is 0 Å². The van der Waals surface area contributed by atoms with E-state index in [-0.39, 0.29) is 18.4 Å². The van der Waals surface area contributed by atoms with Gasteiger partial charge in [0.1, 0.15) is 0 Å². The zero-order valence-electron chi connectivity index (χ0n) is 6.53. The molecule has 0 spiro atoms. The summed E-state index contributed by atoms with van der Waals surface area (Å²) in [6.07, 6.45) is 0. The molecule has 2 nitrogen and oxygen atoms in total. The minimum absolute atomic E-state index is 0.0838. The first-order valence-corrected chi connectivity index (χ1v) is 8.54. The first-order valence-electron chi connectivity index (χ1n) is 3.35. The van der Waals surface area contributed by atoms with Gasteiger partial charge in [-0.05, 0) is 0 Å². The molecule has 0 aromatic heterocycles. The van der Waals surface area contributed by atoms with Crippen LogP contribution in [0.3, 0.4) is 0 Å². The Labute approximate surface area is 83.4 Å². The number of hydrogen-bond acceptors (Lipinski definition) is 2. The summed E-state index contributed by atoms with van der Waals surface area (Å²) in [6.45, 7) is 1.56. The van der Waals surface area contributed by atoms with Gasteiger partial charge in [-0.1, -0.05) is 0 Å². The molecule has 0 unspecified atom stereocenters. The Kier molecular flexibility index (Phi) is 3.36. The molecule has 63 valence electrons. The van der Waals surface area contributed by atoms with Crippen molar-refractivity contribution in [3.8, 4) is 0 Å². The Morgan fingerprint density at radius 3 is 2.75 bits per heavy atom. The number of nitrogens with two attached hydrogens (primary N) is 1. The summed E-state index contributed by atoms with van der Waals surface area (Å²) >= 11 is 3.17. The van der Waals surface area contributed by atoms with Gasteiger partial charge < -0.3 is 0 Å². The summed E-state index contributed by atoms with van der Waals surface area (Å²) in [5.41, 5.74) is 7.18. The van der Waals surface area contributed by atoms with Crippen molar-refractivity contribution in [2.75, 3.05) is 5.73 Å². The van der Waals surface area contributed by atoms with Gasteiger partial charge >= 0.3 is 83.4 Å². The van der Waals surface area contributed by atoms with E-state index >= 15 is 0 Å². The molecule has 1 radical (unpaired) electrons. The van der Waals surface area contributed by atoms with Crippen LogP contribution in [0.1, 0.15) is 17.3 Å². The molecular formula is C8H8NOSe2. The number of rotatable bonds is 2. The average molecular weight is 292 g/mol. The molecule has 1 aromatic rings. The number of benzene rings is 1. The number of hydrogen-bond donors (Lipinski definition) is 1. The van der Waals surface area contributed by atoms with Gasteiger partial charge in [0.2, 0.25) is 0 Å². The van der Waals surface area contributed by atoms with E-state index in [1.54, 1.807) is 19.1 Å². The van der Waals surface area contributed by atoms with E-state index in [1.807, 2.05) is 6.07 Å². The summed E-state index contributed by atoms with van der Waals surface area (Å²) in [7, 11) is 0. The van der Waals surface area contributed by atoms with E-state index in [0.717, 1.165) is 15.7 Å². The number of ketones is 1. The maximum atomic E-state index is 11.0. The van der Waals surface area contributed by atoms with E-state index in [1.165, 1.54) is 0 Å². The van der Waals surface area contributed by atoms with Gasteiger partial charge in [-0.15, -0.1) is 0 Å². The number of anilines is 1. The van der Waals surface area contributed by atoms with Gasteiger partial charge in [-0.3, -0.25) is 0 Å². The Morgan fingerprint density at radius 2 is 2.25 bits per heavy atom. The quantitative estimate of drug-likeness (QED) is 0.469. The van der Waals surface area contributed by atoms with Crippen molar-refractivity contribution in [3.63, 3.8) is 0 Å². The van der Waals surface area contributed by atoms with Crippen LogP contribution in [0.4, 0.5) is 5.69 Å². The van der Waals surface area contributed by atoms with Crippen molar-refractivity contribution < 1.29 is 4.79 Å². The average Bonchev–Trinajstić information content (AvgIpc) is 2.05. The van der Waals surface area contributed by atoms with Crippen molar-refractivity contribution in [2.45, 2.75) is 6.92 Å². The molecule has 0 atom stereocenters. The number of carbonyl (C=O) groups excluding carboxylic acids is 1. The molecule has 0 bridgehead atoms. The molecule has 12 heavy (non-hydrogen) atoms. The predicted octanol–water partition coefficient (Wildman–Crippen LogP) is -0.116. The van der Waals surface area contributed by atoms with E-state index in [9.17, 15) is 4.79 Å². The molecule has 0 heterocycles. The normalized spacial score (nSPS) is 9.42. The van der Waals surface area contributed by atoms with Crippen LogP contribution in [0, 0.1) is 0 Å². The van der Waals surface area contributed by atoms with Crippen molar-refractivity contribution in [3.05, 3.63) is 23.8 Å². The van der Waals surface area contributed by atoms with Crippen LogP contribution < -0.4 is 10.2 Å². The van der Waals surface area contributed by atoms with Crippen LogP contribution >= 0.6 is 0 Å². The van der Waals surface area contributed by atoms with Gasteiger partial charge in [0, 0.05) is 0 Å². The first-order chi connectivity index (χ1) is 5.65. The molecule has 0 amide bonds. The number of Topliss-reactive ketones (excluding diaryl/α,β-unsaturated/α-hetero) is 1. The fourth-order valence-electron chi connectivity index (χ4n) is 0.826. The molecular weight excluding hydrogens is 284 g/mol. The maximum absolute atomic E-state index is 11.0. The van der Waals surface area contributed by atoms with E-state index < -0.39 is 0 Å². The van der Waals surface area contributed by atoms with E-state index in [4.69, 9.17) is 5.73 Å². The molecule has 1 rings (SSSR count). The van der Waals surface area contributed by atoms with Gasteiger partial charge in [0.05, 0.1) is 0 Å². The summed E-state index contributed by atoms with van der Waals surface area (Å²) in [5.74, 6) is 0.0838. The topological polar surface area (TPSA) is 43.1 Å². The second kappa shape index (κ2) is 4.10. The summed E-state index contributed by atoms with van der Waals surface area (Å²) in [4.78, 5) is 11.0. The number of nitrogen functional groups attached to an aromatic ring is 1. The second-order valence-corrected chi connectivity index (χ2v) is 5.48. The van der Waals surface area contributed by atoms with Crippen LogP contribution in [0.15, 0.2) is 18.2 Å². The molecule has 0 saturated carbocycles. The Hall–Kier alpha value is -0.271. The number of carbonyl (C=O) groups is 1. The summed E-state index contributed by atoms with van der Waals surface area (Å²) < 4.78 is 1.05. The summed E-state index contributed by atoms with van der Waals surface area (Å²) in [5, 5.41) is 0. The molecule has 1 aromatic carbocycles. The van der Waals surface area contributed by atoms with Crippen LogP contribution in [0.2, 0.25) is 0 Å². The fourth-order valence-corrected chi connectivity index (χ4v) is 3.11. The Morgan fingerprint density at radius 1 is 1.58 bits per heavy atom.